The molecule has 2 aromatic heterocycles. The monoisotopic (exact) mass is 420 g/mol. The Kier molecular flexibility index (Phi) is 5.64. The molecule has 4 aromatic rings. The Balaban J connectivity index is 1.64. The second kappa shape index (κ2) is 8.52. The second-order valence-corrected chi connectivity index (χ2v) is 8.79. The van der Waals surface area contributed by atoms with Crippen LogP contribution in [0, 0.1) is 6.92 Å². The highest BCUT2D eigenvalue weighted by molar-refractivity contribution is 7.89. The first kappa shape index (κ1) is 19.9. The van der Waals surface area contributed by atoms with Crippen LogP contribution in [0.15, 0.2) is 77.8 Å². The number of rotatable bonds is 7. The van der Waals surface area contributed by atoms with Gasteiger partial charge in [0.2, 0.25) is 10.0 Å². The minimum absolute atomic E-state index is 0.171. The predicted octanol–water partition coefficient (Wildman–Crippen LogP) is 2.96. The van der Waals surface area contributed by atoms with Gasteiger partial charge in [0, 0.05) is 18.3 Å². The van der Waals surface area contributed by atoms with Crippen LogP contribution in [0.5, 0.6) is 0 Å². The van der Waals surface area contributed by atoms with Crippen LogP contribution in [0.1, 0.15) is 16.8 Å². The molecule has 0 radical (unpaired) electrons. The number of nitrogens with one attached hydrogen (secondary N) is 1. The Morgan fingerprint density at radius 2 is 1.70 bits per heavy atom. The van der Waals surface area contributed by atoms with Crippen molar-refractivity contribution in [1.82, 2.24) is 29.9 Å². The molecule has 0 fully saturated rings. The minimum atomic E-state index is -3.71. The van der Waals surface area contributed by atoms with E-state index in [0.717, 1.165) is 16.7 Å². The van der Waals surface area contributed by atoms with Gasteiger partial charge in [-0.15, -0.1) is 5.10 Å². The first-order valence-corrected chi connectivity index (χ1v) is 10.8. The van der Waals surface area contributed by atoms with E-state index >= 15 is 0 Å². The fourth-order valence-electron chi connectivity index (χ4n) is 3.01. The molecule has 2 heterocycles. The second-order valence-electron chi connectivity index (χ2n) is 6.85. The van der Waals surface area contributed by atoms with E-state index in [1.807, 2.05) is 43.3 Å². The summed E-state index contributed by atoms with van der Waals surface area (Å²) in [5, 5.41) is 13.7. The van der Waals surface area contributed by atoms with Gasteiger partial charge >= 0.3 is 0 Å². The number of sulfonamides is 1. The van der Waals surface area contributed by atoms with E-state index in [9.17, 15) is 8.42 Å². The summed E-state index contributed by atoms with van der Waals surface area (Å²) in [5.74, 6) is 0.555. The Morgan fingerprint density at radius 3 is 2.33 bits per heavy atom. The van der Waals surface area contributed by atoms with Crippen molar-refractivity contribution < 1.29 is 8.42 Å². The van der Waals surface area contributed by atoms with E-state index in [2.05, 4.69) is 25.6 Å². The Bertz CT molecular complexity index is 1190. The highest BCUT2D eigenvalue weighted by Gasteiger charge is 2.25. The summed E-state index contributed by atoms with van der Waals surface area (Å²) in [4.78, 5) is 4.55. The highest BCUT2D eigenvalue weighted by Crippen LogP contribution is 2.22. The van der Waals surface area contributed by atoms with Crippen LogP contribution in [0.25, 0.3) is 11.4 Å². The lowest BCUT2D eigenvalue weighted by molar-refractivity contribution is 0.397. The van der Waals surface area contributed by atoms with Crippen LogP contribution in [-0.4, -0.2) is 38.3 Å². The molecule has 1 N–H and O–H groups in total. The first-order valence-electron chi connectivity index (χ1n) is 9.32. The Labute approximate surface area is 174 Å². The van der Waals surface area contributed by atoms with Crippen LogP contribution >= 0.6 is 0 Å². The van der Waals surface area contributed by atoms with Crippen LogP contribution in [0.3, 0.4) is 0 Å². The van der Waals surface area contributed by atoms with Gasteiger partial charge in [0.25, 0.3) is 0 Å². The molecule has 152 valence electrons. The van der Waals surface area contributed by atoms with Crippen molar-refractivity contribution in [1.29, 1.82) is 0 Å². The van der Waals surface area contributed by atoms with Crippen molar-refractivity contribution >= 4 is 10.0 Å². The number of aryl methyl sites for hydroxylation is 1. The van der Waals surface area contributed by atoms with E-state index in [1.165, 1.54) is 4.31 Å². The first-order chi connectivity index (χ1) is 14.5. The summed E-state index contributed by atoms with van der Waals surface area (Å²) in [5.41, 5.74) is 3.35. The van der Waals surface area contributed by atoms with Crippen molar-refractivity contribution in [3.63, 3.8) is 0 Å². The van der Waals surface area contributed by atoms with Gasteiger partial charge in [-0.2, -0.15) is 4.31 Å². The van der Waals surface area contributed by atoms with Gasteiger partial charge in [-0.1, -0.05) is 48.0 Å². The summed E-state index contributed by atoms with van der Waals surface area (Å²) < 4.78 is 28.2. The molecule has 0 amide bonds. The fourth-order valence-corrected chi connectivity index (χ4v) is 4.41. The van der Waals surface area contributed by atoms with Gasteiger partial charge in [0.1, 0.15) is 0 Å². The van der Waals surface area contributed by atoms with E-state index in [1.54, 1.807) is 36.5 Å². The normalized spacial score (nSPS) is 11.7. The summed E-state index contributed by atoms with van der Waals surface area (Å²) in [6, 6.07) is 19.8. The Hall–Kier alpha value is -3.43. The van der Waals surface area contributed by atoms with Gasteiger partial charge in [-0.25, -0.2) is 13.5 Å². The molecular weight excluding hydrogens is 400 g/mol. The third-order valence-corrected chi connectivity index (χ3v) is 6.46. The molecule has 0 spiro atoms. The molecule has 9 heteroatoms. The molecule has 0 aliphatic heterocycles. The molecule has 0 saturated carbocycles. The van der Waals surface area contributed by atoms with Crippen LogP contribution in [0.2, 0.25) is 0 Å². The molecule has 2 aromatic carbocycles. The lowest BCUT2D eigenvalue weighted by Crippen LogP contribution is -2.30. The highest BCUT2D eigenvalue weighted by atomic mass is 32.2. The maximum absolute atomic E-state index is 13.4. The van der Waals surface area contributed by atoms with E-state index in [0.29, 0.717) is 11.5 Å². The van der Waals surface area contributed by atoms with Crippen LogP contribution in [0.4, 0.5) is 0 Å². The number of aromatic nitrogens is 5. The molecule has 8 nitrogen and oxygen atoms in total. The molecule has 0 aliphatic carbocycles. The van der Waals surface area contributed by atoms with E-state index in [4.69, 9.17) is 0 Å². The standard InChI is InChI=1S/C21H20N6O2S/c1-16-5-11-20(12-6-16)30(28,29)27(15-19-4-2-3-13-22-19)14-17-7-9-18(10-8-17)21-23-25-26-24-21/h2-13H,14-15H2,1H3,(H,23,24,25,26). The largest absolute Gasteiger partial charge is 0.260 e. The zero-order valence-electron chi connectivity index (χ0n) is 16.3. The van der Waals surface area contributed by atoms with Gasteiger partial charge in [0.05, 0.1) is 17.1 Å². The van der Waals surface area contributed by atoms with Crippen molar-refractivity contribution in [3.05, 3.63) is 89.7 Å². The predicted molar refractivity (Wildman–Crippen MR) is 111 cm³/mol. The zero-order chi connectivity index (χ0) is 21.0. The quantitative estimate of drug-likeness (QED) is 0.493. The summed E-state index contributed by atoms with van der Waals surface area (Å²) >= 11 is 0. The lowest BCUT2D eigenvalue weighted by atomic mass is 10.1. The lowest BCUT2D eigenvalue weighted by Gasteiger charge is -2.22. The fraction of sp³-hybridized carbons (Fsp3) is 0.143. The maximum atomic E-state index is 13.4. The SMILES string of the molecule is Cc1ccc(S(=O)(=O)N(Cc2ccc(-c3nnn[nH]3)cc2)Cc2ccccn2)cc1. The summed E-state index contributed by atoms with van der Waals surface area (Å²) in [6.07, 6.45) is 1.66. The van der Waals surface area contributed by atoms with Crippen molar-refractivity contribution in [3.8, 4) is 11.4 Å². The van der Waals surface area contributed by atoms with E-state index in [-0.39, 0.29) is 18.0 Å². The molecule has 30 heavy (non-hydrogen) atoms. The molecule has 4 rings (SSSR count). The average molecular weight is 420 g/mol. The number of benzene rings is 2. The third-order valence-electron chi connectivity index (χ3n) is 4.65. The smallest absolute Gasteiger partial charge is 0.243 e. The van der Waals surface area contributed by atoms with Gasteiger partial charge in [-0.05, 0) is 47.2 Å². The average Bonchev–Trinajstić information content (AvgIpc) is 3.30. The number of H-pyrrole nitrogens is 1. The minimum Gasteiger partial charge on any atom is -0.260 e. The third kappa shape index (κ3) is 4.42. The molecular formula is C21H20N6O2S. The van der Waals surface area contributed by atoms with Crippen molar-refractivity contribution in [2.75, 3.05) is 0 Å². The number of aromatic amines is 1. The molecule has 0 bridgehead atoms. The van der Waals surface area contributed by atoms with E-state index < -0.39 is 10.0 Å². The summed E-state index contributed by atoms with van der Waals surface area (Å²) in [7, 11) is -3.71. The molecule has 0 saturated heterocycles. The van der Waals surface area contributed by atoms with Crippen molar-refractivity contribution in [2.45, 2.75) is 24.9 Å². The summed E-state index contributed by atoms with van der Waals surface area (Å²) in [6.45, 7) is 2.31. The number of tetrazole rings is 1. The topological polar surface area (TPSA) is 105 Å². The number of nitrogens with zero attached hydrogens (tertiary/aromatic N) is 5. The maximum Gasteiger partial charge on any atom is 0.243 e. The van der Waals surface area contributed by atoms with Gasteiger partial charge < -0.3 is 0 Å². The van der Waals surface area contributed by atoms with Crippen LogP contribution in [-0.2, 0) is 23.1 Å². The number of hydrogen-bond donors (Lipinski definition) is 1. The van der Waals surface area contributed by atoms with Gasteiger partial charge in [0.15, 0.2) is 5.82 Å². The van der Waals surface area contributed by atoms with Crippen LogP contribution < -0.4 is 0 Å². The van der Waals surface area contributed by atoms with Crippen molar-refractivity contribution in [2.24, 2.45) is 0 Å². The zero-order valence-corrected chi connectivity index (χ0v) is 17.1. The van der Waals surface area contributed by atoms with Gasteiger partial charge in [-0.3, -0.25) is 4.98 Å². The number of hydrogen-bond acceptors (Lipinski definition) is 6. The molecule has 0 unspecified atom stereocenters. The molecule has 0 aliphatic rings. The Morgan fingerprint density at radius 1 is 0.933 bits per heavy atom. The molecule has 0 atom stereocenters. The number of pyridine rings is 1.